The monoisotopic (exact) mass is 286 g/mol. The van der Waals surface area contributed by atoms with Gasteiger partial charge in [0.2, 0.25) is 11.8 Å². The van der Waals surface area contributed by atoms with E-state index < -0.39 is 17.9 Å². The predicted molar refractivity (Wildman–Crippen MR) is 71.0 cm³/mol. The highest BCUT2D eigenvalue weighted by molar-refractivity contribution is 5.91. The molecule has 2 unspecified atom stereocenters. The van der Waals surface area contributed by atoms with Crippen LogP contribution in [0.5, 0.6) is 0 Å². The first-order chi connectivity index (χ1) is 9.36. The topological polar surface area (TPSA) is 95.9 Å². The van der Waals surface area contributed by atoms with Gasteiger partial charge in [-0.3, -0.25) is 9.59 Å². The molecule has 7 nitrogen and oxygen atoms in total. The van der Waals surface area contributed by atoms with Crippen LogP contribution >= 0.6 is 0 Å². The normalized spacial score (nSPS) is 20.3. The van der Waals surface area contributed by atoms with E-state index >= 15 is 0 Å². The molecule has 1 rings (SSSR count). The molecule has 0 aliphatic carbocycles. The van der Waals surface area contributed by atoms with Gasteiger partial charge in [-0.1, -0.05) is 0 Å². The molecule has 0 spiro atoms. The van der Waals surface area contributed by atoms with E-state index in [2.05, 4.69) is 5.32 Å². The van der Waals surface area contributed by atoms with Gasteiger partial charge in [0.1, 0.15) is 6.04 Å². The predicted octanol–water partition coefficient (Wildman–Crippen LogP) is -0.151. The average molecular weight is 286 g/mol. The smallest absolute Gasteiger partial charge is 0.326 e. The summed E-state index contributed by atoms with van der Waals surface area (Å²) >= 11 is 0. The number of nitrogens with one attached hydrogen (secondary N) is 1. The van der Waals surface area contributed by atoms with Gasteiger partial charge in [0.25, 0.3) is 0 Å². The second-order valence-corrected chi connectivity index (χ2v) is 5.22. The lowest BCUT2D eigenvalue weighted by atomic mass is 10.1. The number of carbonyl (C=O) groups excluding carboxylic acids is 2. The van der Waals surface area contributed by atoms with Crippen molar-refractivity contribution in [2.24, 2.45) is 5.92 Å². The van der Waals surface area contributed by atoms with Crippen LogP contribution in [0.1, 0.15) is 26.7 Å². The Hall–Kier alpha value is -1.63. The molecule has 0 saturated carbocycles. The number of amides is 2. The highest BCUT2D eigenvalue weighted by Crippen LogP contribution is 2.20. The first-order valence-electron chi connectivity index (χ1n) is 6.68. The minimum absolute atomic E-state index is 0.0454. The fourth-order valence-corrected chi connectivity index (χ4v) is 2.19. The van der Waals surface area contributed by atoms with Crippen LogP contribution in [0, 0.1) is 5.92 Å². The molecule has 1 heterocycles. The van der Waals surface area contributed by atoms with Crippen molar-refractivity contribution in [3.8, 4) is 0 Å². The Labute approximate surface area is 118 Å². The lowest BCUT2D eigenvalue weighted by Crippen LogP contribution is -2.45. The summed E-state index contributed by atoms with van der Waals surface area (Å²) in [5, 5.41) is 11.5. The van der Waals surface area contributed by atoms with Gasteiger partial charge in [-0.25, -0.2) is 4.79 Å². The number of hydrogen-bond donors (Lipinski definition) is 2. The van der Waals surface area contributed by atoms with Crippen LogP contribution in [0.3, 0.4) is 0 Å². The fraction of sp³-hybridized carbons (Fsp3) is 0.769. The van der Waals surface area contributed by atoms with Crippen molar-refractivity contribution in [2.45, 2.75) is 38.8 Å². The van der Waals surface area contributed by atoms with Gasteiger partial charge in [-0.15, -0.1) is 0 Å². The van der Waals surface area contributed by atoms with Crippen molar-refractivity contribution < 1.29 is 24.2 Å². The van der Waals surface area contributed by atoms with Gasteiger partial charge in [0.05, 0.1) is 5.92 Å². The Morgan fingerprint density at radius 2 is 2.15 bits per heavy atom. The summed E-state index contributed by atoms with van der Waals surface area (Å²) in [6.07, 6.45) is 0.340. The molecule has 1 fully saturated rings. The summed E-state index contributed by atoms with van der Waals surface area (Å²) in [7, 11) is 1.47. The summed E-state index contributed by atoms with van der Waals surface area (Å²) in [6.45, 7) is 4.37. The Morgan fingerprint density at radius 1 is 1.50 bits per heavy atom. The fourth-order valence-electron chi connectivity index (χ4n) is 2.19. The molecule has 1 aliphatic heterocycles. The van der Waals surface area contributed by atoms with Crippen molar-refractivity contribution in [1.82, 2.24) is 10.2 Å². The highest BCUT2D eigenvalue weighted by atomic mass is 16.5. The van der Waals surface area contributed by atoms with E-state index in [4.69, 9.17) is 9.84 Å². The lowest BCUT2D eigenvalue weighted by Gasteiger charge is -2.21. The SMILES string of the molecule is COCCC(NC(=O)C1CC(=O)N(C(C)C)C1)C(=O)O. The van der Waals surface area contributed by atoms with Crippen LogP contribution in [0.2, 0.25) is 0 Å². The number of methoxy groups -OCH3 is 1. The molecule has 2 atom stereocenters. The summed E-state index contributed by atoms with van der Waals surface area (Å²) in [6, 6.07) is -0.935. The molecule has 7 heteroatoms. The van der Waals surface area contributed by atoms with Crippen LogP contribution in [-0.4, -0.2) is 60.1 Å². The van der Waals surface area contributed by atoms with Gasteiger partial charge >= 0.3 is 5.97 Å². The second kappa shape index (κ2) is 7.23. The Bertz CT molecular complexity index is 383. The van der Waals surface area contributed by atoms with Crippen molar-refractivity contribution >= 4 is 17.8 Å². The van der Waals surface area contributed by atoms with E-state index in [0.29, 0.717) is 6.54 Å². The van der Waals surface area contributed by atoms with Crippen molar-refractivity contribution in [2.75, 3.05) is 20.3 Å². The van der Waals surface area contributed by atoms with Crippen LogP contribution in [-0.2, 0) is 19.1 Å². The highest BCUT2D eigenvalue weighted by Gasteiger charge is 2.36. The third kappa shape index (κ3) is 4.19. The number of hydrogen-bond acceptors (Lipinski definition) is 4. The van der Waals surface area contributed by atoms with Gasteiger partial charge in [0.15, 0.2) is 0 Å². The molecular formula is C13H22N2O5. The lowest BCUT2D eigenvalue weighted by molar-refractivity contribution is -0.142. The van der Waals surface area contributed by atoms with Crippen LogP contribution in [0.15, 0.2) is 0 Å². The zero-order chi connectivity index (χ0) is 15.3. The van der Waals surface area contributed by atoms with Crippen molar-refractivity contribution in [1.29, 1.82) is 0 Å². The maximum absolute atomic E-state index is 12.0. The third-order valence-corrected chi connectivity index (χ3v) is 3.38. The van der Waals surface area contributed by atoms with Gasteiger partial charge in [-0.2, -0.15) is 0 Å². The van der Waals surface area contributed by atoms with E-state index in [1.54, 1.807) is 4.90 Å². The van der Waals surface area contributed by atoms with Gasteiger partial charge in [-0.05, 0) is 13.8 Å². The van der Waals surface area contributed by atoms with E-state index in [0.717, 1.165) is 0 Å². The standard InChI is InChI=1S/C13H22N2O5/c1-8(2)15-7-9(6-11(15)16)12(17)14-10(13(18)19)4-5-20-3/h8-10H,4-7H2,1-3H3,(H,14,17)(H,18,19). The van der Waals surface area contributed by atoms with E-state index in [1.807, 2.05) is 13.8 Å². The molecule has 0 bridgehead atoms. The number of aliphatic carboxylic acids is 1. The zero-order valence-electron chi connectivity index (χ0n) is 12.1. The Balaban J connectivity index is 2.57. The van der Waals surface area contributed by atoms with E-state index in [-0.39, 0.29) is 37.3 Å². The third-order valence-electron chi connectivity index (χ3n) is 3.38. The summed E-state index contributed by atoms with van der Waals surface area (Å²) < 4.78 is 4.82. The summed E-state index contributed by atoms with van der Waals surface area (Å²) in [5.74, 6) is -2.02. The molecule has 1 aliphatic rings. The first kappa shape index (κ1) is 16.4. The second-order valence-electron chi connectivity index (χ2n) is 5.22. The molecule has 2 N–H and O–H groups in total. The zero-order valence-corrected chi connectivity index (χ0v) is 12.1. The number of likely N-dealkylation sites (tertiary alicyclic amines) is 1. The van der Waals surface area contributed by atoms with Crippen molar-refractivity contribution in [3.63, 3.8) is 0 Å². The Morgan fingerprint density at radius 3 is 2.60 bits per heavy atom. The molecule has 0 aromatic rings. The van der Waals surface area contributed by atoms with Crippen LogP contribution in [0.4, 0.5) is 0 Å². The first-order valence-corrected chi connectivity index (χ1v) is 6.68. The quantitative estimate of drug-likeness (QED) is 0.678. The summed E-state index contributed by atoms with van der Waals surface area (Å²) in [4.78, 5) is 36.5. The minimum Gasteiger partial charge on any atom is -0.480 e. The molecule has 1 saturated heterocycles. The maximum Gasteiger partial charge on any atom is 0.326 e. The number of carbonyl (C=O) groups is 3. The average Bonchev–Trinajstić information content (AvgIpc) is 2.76. The number of carboxylic acid groups (broad SMARTS) is 1. The molecule has 0 aromatic carbocycles. The number of nitrogens with zero attached hydrogens (tertiary/aromatic N) is 1. The number of rotatable bonds is 7. The molecule has 0 aromatic heterocycles. The van der Waals surface area contributed by atoms with E-state index in [1.165, 1.54) is 7.11 Å². The van der Waals surface area contributed by atoms with Crippen molar-refractivity contribution in [3.05, 3.63) is 0 Å². The largest absolute Gasteiger partial charge is 0.480 e. The van der Waals surface area contributed by atoms with Gasteiger partial charge < -0.3 is 20.1 Å². The Kier molecular flexibility index (Phi) is 5.94. The van der Waals surface area contributed by atoms with Gasteiger partial charge in [0, 0.05) is 39.1 Å². The van der Waals surface area contributed by atoms with E-state index in [9.17, 15) is 14.4 Å². The van der Waals surface area contributed by atoms with Crippen LogP contribution < -0.4 is 5.32 Å². The van der Waals surface area contributed by atoms with Crippen LogP contribution in [0.25, 0.3) is 0 Å². The molecule has 0 radical (unpaired) electrons. The molecule has 2 amide bonds. The summed E-state index contributed by atoms with van der Waals surface area (Å²) in [5.41, 5.74) is 0. The number of ether oxygens (including phenoxy) is 1. The molecular weight excluding hydrogens is 264 g/mol. The number of carboxylic acids is 1. The maximum atomic E-state index is 12.0. The molecule has 114 valence electrons. The minimum atomic E-state index is -1.10. The molecule has 20 heavy (non-hydrogen) atoms.